The number of hydrogen-bond donors (Lipinski definition) is 1. The summed E-state index contributed by atoms with van der Waals surface area (Å²) >= 11 is 0. The van der Waals surface area contributed by atoms with E-state index in [4.69, 9.17) is 0 Å². The molecule has 1 fully saturated rings. The van der Waals surface area contributed by atoms with Gasteiger partial charge in [0.2, 0.25) is 10.0 Å². The molecule has 5 nitrogen and oxygen atoms in total. The molecule has 0 atom stereocenters. The standard InChI is InChI=1S/C21H23F3N2O3S/c22-21(23,24)18-8-4-16(5-9-18)12-13-25-20(27)17-6-10-19(11-7-17)30(28,29)26-14-2-1-3-15-26/h4-11H,1-3,12-15H2,(H,25,27). The fraction of sp³-hybridized carbons (Fsp3) is 0.381. The molecule has 3 rings (SSSR count). The van der Waals surface area contributed by atoms with Crippen molar-refractivity contribution in [3.63, 3.8) is 0 Å². The smallest absolute Gasteiger partial charge is 0.352 e. The van der Waals surface area contributed by atoms with Crippen LogP contribution in [0, 0.1) is 0 Å². The van der Waals surface area contributed by atoms with Gasteiger partial charge in [0.05, 0.1) is 10.5 Å². The molecule has 30 heavy (non-hydrogen) atoms. The van der Waals surface area contributed by atoms with Crippen molar-refractivity contribution < 1.29 is 26.4 Å². The third-order valence-corrected chi connectivity index (χ3v) is 6.96. The van der Waals surface area contributed by atoms with Gasteiger partial charge in [-0.2, -0.15) is 17.5 Å². The average molecular weight is 440 g/mol. The summed E-state index contributed by atoms with van der Waals surface area (Å²) in [5.74, 6) is -0.371. The Bertz CT molecular complexity index is 966. The molecule has 2 aromatic carbocycles. The van der Waals surface area contributed by atoms with Crippen molar-refractivity contribution in [2.45, 2.75) is 36.8 Å². The van der Waals surface area contributed by atoms with Gasteiger partial charge in [0, 0.05) is 25.2 Å². The lowest BCUT2D eigenvalue weighted by atomic mass is 10.1. The van der Waals surface area contributed by atoms with E-state index in [1.54, 1.807) is 0 Å². The second-order valence-electron chi connectivity index (χ2n) is 7.19. The largest absolute Gasteiger partial charge is 0.416 e. The number of hydrogen-bond acceptors (Lipinski definition) is 3. The van der Waals surface area contributed by atoms with E-state index in [2.05, 4.69) is 5.32 Å². The predicted molar refractivity (Wildman–Crippen MR) is 107 cm³/mol. The van der Waals surface area contributed by atoms with Crippen LogP contribution in [0.3, 0.4) is 0 Å². The zero-order valence-electron chi connectivity index (χ0n) is 16.3. The van der Waals surface area contributed by atoms with Crippen molar-refractivity contribution in [3.8, 4) is 0 Å². The molecular weight excluding hydrogens is 417 g/mol. The highest BCUT2D eigenvalue weighted by Crippen LogP contribution is 2.29. The van der Waals surface area contributed by atoms with Gasteiger partial charge in [-0.1, -0.05) is 18.6 Å². The van der Waals surface area contributed by atoms with Gasteiger partial charge in [0.25, 0.3) is 5.91 Å². The minimum Gasteiger partial charge on any atom is -0.352 e. The van der Waals surface area contributed by atoms with Gasteiger partial charge >= 0.3 is 6.18 Å². The summed E-state index contributed by atoms with van der Waals surface area (Å²) in [6.45, 7) is 1.26. The molecule has 1 aliphatic heterocycles. The van der Waals surface area contributed by atoms with E-state index >= 15 is 0 Å². The molecule has 1 N–H and O–H groups in total. The van der Waals surface area contributed by atoms with Gasteiger partial charge in [0.1, 0.15) is 0 Å². The first-order chi connectivity index (χ1) is 14.2. The second kappa shape index (κ2) is 9.18. The van der Waals surface area contributed by atoms with Crippen LogP contribution in [0.15, 0.2) is 53.4 Å². The average Bonchev–Trinajstić information content (AvgIpc) is 2.74. The number of sulfonamides is 1. The molecule has 0 bridgehead atoms. The molecule has 1 amide bonds. The predicted octanol–water partition coefficient (Wildman–Crippen LogP) is 3.85. The maximum atomic E-state index is 12.6. The lowest BCUT2D eigenvalue weighted by Gasteiger charge is -2.25. The first-order valence-corrected chi connectivity index (χ1v) is 11.2. The number of halogens is 3. The number of amides is 1. The monoisotopic (exact) mass is 440 g/mol. The summed E-state index contributed by atoms with van der Waals surface area (Å²) in [5, 5.41) is 2.69. The Labute approximate surface area is 173 Å². The molecule has 1 heterocycles. The van der Waals surface area contributed by atoms with E-state index in [0.717, 1.165) is 31.4 Å². The molecule has 0 spiro atoms. The Morgan fingerprint density at radius 2 is 1.53 bits per heavy atom. The zero-order valence-corrected chi connectivity index (χ0v) is 17.1. The fourth-order valence-electron chi connectivity index (χ4n) is 3.32. The van der Waals surface area contributed by atoms with Crippen LogP contribution in [0.5, 0.6) is 0 Å². The highest BCUT2D eigenvalue weighted by Gasteiger charge is 2.30. The van der Waals surface area contributed by atoms with Crippen molar-refractivity contribution in [3.05, 3.63) is 65.2 Å². The summed E-state index contributed by atoms with van der Waals surface area (Å²) in [4.78, 5) is 12.4. The van der Waals surface area contributed by atoms with Crippen molar-refractivity contribution >= 4 is 15.9 Å². The molecule has 2 aromatic rings. The van der Waals surface area contributed by atoms with E-state index in [0.29, 0.717) is 30.6 Å². The van der Waals surface area contributed by atoms with E-state index < -0.39 is 21.8 Å². The zero-order chi connectivity index (χ0) is 21.8. The Balaban J connectivity index is 1.54. The van der Waals surface area contributed by atoms with E-state index in [1.165, 1.54) is 40.7 Å². The minimum atomic E-state index is -4.37. The summed E-state index contributed by atoms with van der Waals surface area (Å²) in [6, 6.07) is 10.6. The summed E-state index contributed by atoms with van der Waals surface area (Å²) in [6.07, 6.45) is -1.28. The van der Waals surface area contributed by atoms with Crippen molar-refractivity contribution in [1.82, 2.24) is 9.62 Å². The summed E-state index contributed by atoms with van der Waals surface area (Å²) in [7, 11) is -3.55. The molecule has 0 unspecified atom stereocenters. The lowest BCUT2D eigenvalue weighted by molar-refractivity contribution is -0.137. The number of rotatable bonds is 6. The number of alkyl halides is 3. The van der Waals surface area contributed by atoms with Crippen LogP contribution < -0.4 is 5.32 Å². The first kappa shape index (κ1) is 22.3. The van der Waals surface area contributed by atoms with Gasteiger partial charge in [0.15, 0.2) is 0 Å². The van der Waals surface area contributed by atoms with E-state index in [-0.39, 0.29) is 17.3 Å². The number of nitrogens with one attached hydrogen (secondary N) is 1. The molecule has 0 aliphatic carbocycles. The molecule has 1 saturated heterocycles. The maximum absolute atomic E-state index is 12.6. The molecule has 1 aliphatic rings. The van der Waals surface area contributed by atoms with Gasteiger partial charge in [-0.25, -0.2) is 8.42 Å². The Morgan fingerprint density at radius 1 is 0.933 bits per heavy atom. The Kier molecular flexibility index (Phi) is 6.82. The van der Waals surface area contributed by atoms with Crippen molar-refractivity contribution in [2.75, 3.05) is 19.6 Å². The van der Waals surface area contributed by atoms with Crippen LogP contribution in [-0.4, -0.2) is 38.3 Å². The Hall–Kier alpha value is -2.39. The summed E-state index contributed by atoms with van der Waals surface area (Å²) < 4.78 is 64.5. The van der Waals surface area contributed by atoms with Crippen LogP contribution in [0.2, 0.25) is 0 Å². The van der Waals surface area contributed by atoms with Gasteiger partial charge in [-0.3, -0.25) is 4.79 Å². The van der Waals surface area contributed by atoms with E-state index in [1.807, 2.05) is 0 Å². The third-order valence-electron chi connectivity index (χ3n) is 5.05. The molecule has 162 valence electrons. The van der Waals surface area contributed by atoms with Crippen molar-refractivity contribution in [2.24, 2.45) is 0 Å². The second-order valence-corrected chi connectivity index (χ2v) is 9.13. The number of benzene rings is 2. The van der Waals surface area contributed by atoms with Crippen molar-refractivity contribution in [1.29, 1.82) is 0 Å². The number of piperidine rings is 1. The molecule has 0 aromatic heterocycles. The van der Waals surface area contributed by atoms with Crippen LogP contribution in [-0.2, 0) is 22.6 Å². The lowest BCUT2D eigenvalue weighted by Crippen LogP contribution is -2.35. The van der Waals surface area contributed by atoms with Gasteiger partial charge in [-0.15, -0.1) is 0 Å². The van der Waals surface area contributed by atoms with Crippen LogP contribution >= 0.6 is 0 Å². The van der Waals surface area contributed by atoms with Crippen LogP contribution in [0.4, 0.5) is 13.2 Å². The highest BCUT2D eigenvalue weighted by molar-refractivity contribution is 7.89. The number of nitrogens with zero attached hydrogens (tertiary/aromatic N) is 1. The van der Waals surface area contributed by atoms with Crippen LogP contribution in [0.25, 0.3) is 0 Å². The van der Waals surface area contributed by atoms with Gasteiger partial charge in [-0.05, 0) is 61.2 Å². The normalized spacial score (nSPS) is 15.7. The first-order valence-electron chi connectivity index (χ1n) is 9.72. The molecule has 0 radical (unpaired) electrons. The topological polar surface area (TPSA) is 66.5 Å². The number of carbonyl (C=O) groups is 1. The highest BCUT2D eigenvalue weighted by atomic mass is 32.2. The molecular formula is C21H23F3N2O3S. The molecule has 9 heteroatoms. The number of carbonyl (C=O) groups excluding carboxylic acids is 1. The minimum absolute atomic E-state index is 0.158. The third kappa shape index (κ3) is 5.40. The van der Waals surface area contributed by atoms with E-state index in [9.17, 15) is 26.4 Å². The Morgan fingerprint density at radius 3 is 2.10 bits per heavy atom. The summed E-state index contributed by atoms with van der Waals surface area (Å²) in [5.41, 5.74) is 0.279. The van der Waals surface area contributed by atoms with Crippen LogP contribution in [0.1, 0.15) is 40.7 Å². The van der Waals surface area contributed by atoms with Gasteiger partial charge < -0.3 is 5.32 Å². The molecule has 0 saturated carbocycles. The fourth-order valence-corrected chi connectivity index (χ4v) is 4.83. The quantitative estimate of drug-likeness (QED) is 0.742. The SMILES string of the molecule is O=C(NCCc1ccc(C(F)(F)F)cc1)c1ccc(S(=O)(=O)N2CCCCC2)cc1. The maximum Gasteiger partial charge on any atom is 0.416 e.